The van der Waals surface area contributed by atoms with E-state index < -0.39 is 9.84 Å². The Kier molecular flexibility index (Phi) is 6.37. The number of likely N-dealkylation sites (N-methyl/N-ethyl adjacent to an activating group) is 1. The van der Waals surface area contributed by atoms with Crippen molar-refractivity contribution < 1.29 is 13.2 Å². The summed E-state index contributed by atoms with van der Waals surface area (Å²) in [5.74, 6) is -0.000335. The number of rotatable bonds is 6. The Bertz CT molecular complexity index is 650. The van der Waals surface area contributed by atoms with Crippen LogP contribution < -0.4 is 5.32 Å². The van der Waals surface area contributed by atoms with Gasteiger partial charge in [0.1, 0.15) is 0 Å². The van der Waals surface area contributed by atoms with Crippen LogP contribution >= 0.6 is 0 Å². The summed E-state index contributed by atoms with van der Waals surface area (Å²) in [6, 6.07) is 6.51. The number of sulfone groups is 1. The molecule has 1 aliphatic heterocycles. The molecule has 6 nitrogen and oxygen atoms in total. The lowest BCUT2D eigenvalue weighted by Crippen LogP contribution is -2.49. The maximum absolute atomic E-state index is 12.2. The zero-order valence-electron chi connectivity index (χ0n) is 14.7. The number of hydrogen-bond acceptors (Lipinski definition) is 5. The van der Waals surface area contributed by atoms with Gasteiger partial charge in [0.05, 0.1) is 17.5 Å². The zero-order chi connectivity index (χ0) is 17.7. The van der Waals surface area contributed by atoms with Crippen molar-refractivity contribution in [3.05, 3.63) is 29.8 Å². The highest BCUT2D eigenvalue weighted by Gasteiger charge is 2.19. The van der Waals surface area contributed by atoms with Crippen molar-refractivity contribution in [3.8, 4) is 0 Å². The van der Waals surface area contributed by atoms with Gasteiger partial charge in [-0.1, -0.05) is 19.1 Å². The summed E-state index contributed by atoms with van der Waals surface area (Å²) in [7, 11) is -3.19. The molecule has 0 aliphatic carbocycles. The Morgan fingerprint density at radius 1 is 1.12 bits per heavy atom. The van der Waals surface area contributed by atoms with Crippen LogP contribution in [0.3, 0.4) is 0 Å². The first-order chi connectivity index (χ1) is 11.3. The van der Waals surface area contributed by atoms with Gasteiger partial charge in [-0.2, -0.15) is 0 Å². The number of piperazine rings is 1. The summed E-state index contributed by atoms with van der Waals surface area (Å²) in [4.78, 5) is 17.0. The molecule has 1 N–H and O–H groups in total. The van der Waals surface area contributed by atoms with Gasteiger partial charge in [0.25, 0.3) is 0 Å². The molecule has 1 aliphatic rings. The number of nitrogens with one attached hydrogen (secondary N) is 1. The van der Waals surface area contributed by atoms with Crippen molar-refractivity contribution in [1.82, 2.24) is 15.1 Å². The lowest BCUT2D eigenvalue weighted by molar-refractivity contribution is -0.123. The van der Waals surface area contributed by atoms with Crippen LogP contribution in [0.2, 0.25) is 0 Å². The number of carbonyl (C=O) groups excluding carboxylic acids is 1. The standard InChI is InChI=1S/C17H27N3O3S/c1-4-19-9-11-20(12-10-19)13-17(21)18-14(2)15-5-7-16(8-6-15)24(3,22)23/h5-8,14H,4,9-13H2,1-3H3,(H,18,21). The number of hydrogen-bond donors (Lipinski definition) is 1. The van der Waals surface area contributed by atoms with E-state index >= 15 is 0 Å². The average molecular weight is 353 g/mol. The highest BCUT2D eigenvalue weighted by Crippen LogP contribution is 2.16. The predicted molar refractivity (Wildman–Crippen MR) is 94.7 cm³/mol. The Morgan fingerprint density at radius 2 is 1.67 bits per heavy atom. The van der Waals surface area contributed by atoms with Gasteiger partial charge in [-0.05, 0) is 31.2 Å². The molecule has 1 saturated heterocycles. The van der Waals surface area contributed by atoms with Crippen LogP contribution in [0.5, 0.6) is 0 Å². The molecule has 7 heteroatoms. The Balaban J connectivity index is 1.85. The Morgan fingerprint density at radius 3 is 2.17 bits per heavy atom. The van der Waals surface area contributed by atoms with Gasteiger partial charge in [-0.25, -0.2) is 8.42 Å². The van der Waals surface area contributed by atoms with Gasteiger partial charge in [0.2, 0.25) is 5.91 Å². The molecule has 0 aromatic heterocycles. The Hall–Kier alpha value is -1.44. The van der Waals surface area contributed by atoms with E-state index in [2.05, 4.69) is 22.0 Å². The van der Waals surface area contributed by atoms with Crippen molar-refractivity contribution in [3.63, 3.8) is 0 Å². The number of benzene rings is 1. The lowest BCUT2D eigenvalue weighted by Gasteiger charge is -2.33. The topological polar surface area (TPSA) is 69.7 Å². The summed E-state index contributed by atoms with van der Waals surface area (Å²) in [6.07, 6.45) is 1.19. The third kappa shape index (κ3) is 5.29. The molecule has 1 unspecified atom stereocenters. The first-order valence-electron chi connectivity index (χ1n) is 8.33. The average Bonchev–Trinajstić information content (AvgIpc) is 2.54. The molecule has 1 aromatic rings. The molecular formula is C17H27N3O3S. The van der Waals surface area contributed by atoms with E-state index in [-0.39, 0.29) is 11.9 Å². The predicted octanol–water partition coefficient (Wildman–Crippen LogP) is 0.905. The van der Waals surface area contributed by atoms with Gasteiger partial charge >= 0.3 is 0 Å². The molecule has 0 saturated carbocycles. The maximum atomic E-state index is 12.2. The fourth-order valence-corrected chi connectivity index (χ4v) is 3.47. The molecule has 1 amide bonds. The lowest BCUT2D eigenvalue weighted by atomic mass is 10.1. The van der Waals surface area contributed by atoms with Crippen LogP contribution in [0.15, 0.2) is 29.2 Å². The summed E-state index contributed by atoms with van der Waals surface area (Å²) < 4.78 is 23.0. The second kappa shape index (κ2) is 8.09. The highest BCUT2D eigenvalue weighted by atomic mass is 32.2. The normalized spacial score (nSPS) is 18.3. The van der Waals surface area contributed by atoms with Crippen molar-refractivity contribution in [2.24, 2.45) is 0 Å². The number of amides is 1. The molecule has 2 rings (SSSR count). The molecule has 134 valence electrons. The van der Waals surface area contributed by atoms with Gasteiger partial charge in [0.15, 0.2) is 9.84 Å². The molecule has 1 aromatic carbocycles. The second-order valence-corrected chi connectivity index (χ2v) is 8.36. The van der Waals surface area contributed by atoms with Crippen LogP contribution in [-0.2, 0) is 14.6 Å². The molecule has 0 bridgehead atoms. The van der Waals surface area contributed by atoms with Crippen molar-refractivity contribution in [1.29, 1.82) is 0 Å². The molecule has 0 spiro atoms. The van der Waals surface area contributed by atoms with E-state index in [9.17, 15) is 13.2 Å². The van der Waals surface area contributed by atoms with Gasteiger partial charge in [0, 0.05) is 32.4 Å². The quantitative estimate of drug-likeness (QED) is 0.823. The molecule has 0 radical (unpaired) electrons. The first-order valence-corrected chi connectivity index (χ1v) is 10.2. The fraction of sp³-hybridized carbons (Fsp3) is 0.588. The minimum Gasteiger partial charge on any atom is -0.348 e. The van der Waals surface area contributed by atoms with E-state index in [0.717, 1.165) is 38.3 Å². The van der Waals surface area contributed by atoms with Crippen LogP contribution in [0, 0.1) is 0 Å². The minimum atomic E-state index is -3.19. The largest absolute Gasteiger partial charge is 0.348 e. The third-order valence-electron chi connectivity index (χ3n) is 4.47. The minimum absolute atomic E-state index is 0.000335. The molecule has 1 atom stereocenters. The van der Waals surface area contributed by atoms with E-state index in [0.29, 0.717) is 11.4 Å². The fourth-order valence-electron chi connectivity index (χ4n) is 2.84. The van der Waals surface area contributed by atoms with Crippen LogP contribution in [-0.4, -0.2) is 69.6 Å². The smallest absolute Gasteiger partial charge is 0.234 e. The van der Waals surface area contributed by atoms with E-state index in [4.69, 9.17) is 0 Å². The number of nitrogens with zero attached hydrogens (tertiary/aromatic N) is 2. The van der Waals surface area contributed by atoms with E-state index in [1.807, 2.05) is 6.92 Å². The highest BCUT2D eigenvalue weighted by molar-refractivity contribution is 7.90. The summed E-state index contributed by atoms with van der Waals surface area (Å²) in [5, 5.41) is 2.98. The van der Waals surface area contributed by atoms with Gasteiger partial charge < -0.3 is 10.2 Å². The molecular weight excluding hydrogens is 326 g/mol. The van der Waals surface area contributed by atoms with Gasteiger partial charge in [-0.3, -0.25) is 9.69 Å². The van der Waals surface area contributed by atoms with Crippen LogP contribution in [0.4, 0.5) is 0 Å². The maximum Gasteiger partial charge on any atom is 0.234 e. The Labute approximate surface area is 144 Å². The summed E-state index contributed by atoms with van der Waals surface area (Å²) in [6.45, 7) is 9.36. The van der Waals surface area contributed by atoms with Crippen molar-refractivity contribution in [2.75, 3.05) is 45.5 Å². The first kappa shape index (κ1) is 18.9. The summed E-state index contributed by atoms with van der Waals surface area (Å²) in [5.41, 5.74) is 0.895. The van der Waals surface area contributed by atoms with E-state index in [1.165, 1.54) is 6.26 Å². The van der Waals surface area contributed by atoms with E-state index in [1.54, 1.807) is 24.3 Å². The molecule has 24 heavy (non-hydrogen) atoms. The van der Waals surface area contributed by atoms with Crippen LogP contribution in [0.1, 0.15) is 25.5 Å². The third-order valence-corrected chi connectivity index (χ3v) is 5.59. The monoisotopic (exact) mass is 353 g/mol. The zero-order valence-corrected chi connectivity index (χ0v) is 15.5. The number of carbonyl (C=O) groups is 1. The SMILES string of the molecule is CCN1CCN(CC(=O)NC(C)c2ccc(S(C)(=O)=O)cc2)CC1. The van der Waals surface area contributed by atoms with Gasteiger partial charge in [-0.15, -0.1) is 0 Å². The molecule has 1 heterocycles. The second-order valence-electron chi connectivity index (χ2n) is 6.34. The van der Waals surface area contributed by atoms with Crippen molar-refractivity contribution >= 4 is 15.7 Å². The van der Waals surface area contributed by atoms with Crippen molar-refractivity contribution in [2.45, 2.75) is 24.8 Å². The molecule has 1 fully saturated rings. The van der Waals surface area contributed by atoms with Crippen LogP contribution in [0.25, 0.3) is 0 Å². The summed E-state index contributed by atoms with van der Waals surface area (Å²) >= 11 is 0.